The number of rotatable bonds is 5. The second-order valence-electron chi connectivity index (χ2n) is 4.43. The van der Waals surface area contributed by atoms with Gasteiger partial charge in [0.05, 0.1) is 7.11 Å². The van der Waals surface area contributed by atoms with Crippen LogP contribution < -0.4 is 10.1 Å². The first-order valence-electron chi connectivity index (χ1n) is 6.48. The molecular formula is C16H17ClFNO. The van der Waals surface area contributed by atoms with Gasteiger partial charge in [0.2, 0.25) is 0 Å². The van der Waals surface area contributed by atoms with Crippen LogP contribution in [0.15, 0.2) is 36.4 Å². The molecule has 20 heavy (non-hydrogen) atoms. The molecule has 2 aromatic rings. The monoisotopic (exact) mass is 293 g/mol. The lowest BCUT2D eigenvalue weighted by atomic mass is 10.0. The Morgan fingerprint density at radius 2 is 2.00 bits per heavy atom. The van der Waals surface area contributed by atoms with Crippen molar-refractivity contribution < 1.29 is 9.13 Å². The maximum Gasteiger partial charge on any atom is 0.134 e. The minimum Gasteiger partial charge on any atom is -0.497 e. The standard InChI is InChI=1S/C16H17ClFNO/c1-3-19-10-12-8-11(4-7-15(12)17)14-6-5-13(20-2)9-16(14)18/h4-9,19H,3,10H2,1-2H3. The van der Waals surface area contributed by atoms with Crippen LogP contribution in [-0.2, 0) is 6.54 Å². The molecule has 0 spiro atoms. The third-order valence-electron chi connectivity index (χ3n) is 3.10. The van der Waals surface area contributed by atoms with Crippen LogP contribution in [0.3, 0.4) is 0 Å². The van der Waals surface area contributed by atoms with Crippen LogP contribution >= 0.6 is 11.6 Å². The van der Waals surface area contributed by atoms with E-state index in [1.807, 2.05) is 19.1 Å². The molecule has 2 nitrogen and oxygen atoms in total. The van der Waals surface area contributed by atoms with Gasteiger partial charge in [0.15, 0.2) is 0 Å². The molecule has 4 heteroatoms. The van der Waals surface area contributed by atoms with Crippen molar-refractivity contribution in [1.82, 2.24) is 5.32 Å². The second-order valence-corrected chi connectivity index (χ2v) is 4.84. The summed E-state index contributed by atoms with van der Waals surface area (Å²) < 4.78 is 19.1. The molecule has 0 aromatic heterocycles. The number of benzene rings is 2. The Morgan fingerprint density at radius 1 is 1.20 bits per heavy atom. The molecule has 0 bridgehead atoms. The molecule has 0 saturated carbocycles. The topological polar surface area (TPSA) is 21.3 Å². The van der Waals surface area contributed by atoms with Crippen LogP contribution in [0, 0.1) is 5.82 Å². The van der Waals surface area contributed by atoms with Gasteiger partial charge in [-0.1, -0.05) is 24.6 Å². The van der Waals surface area contributed by atoms with Crippen LogP contribution in [0.5, 0.6) is 5.75 Å². The van der Waals surface area contributed by atoms with E-state index in [0.29, 0.717) is 22.9 Å². The summed E-state index contributed by atoms with van der Waals surface area (Å²) in [5.41, 5.74) is 2.31. The van der Waals surface area contributed by atoms with E-state index in [1.165, 1.54) is 13.2 Å². The smallest absolute Gasteiger partial charge is 0.134 e. The van der Waals surface area contributed by atoms with Crippen molar-refractivity contribution in [2.75, 3.05) is 13.7 Å². The van der Waals surface area contributed by atoms with Crippen LogP contribution in [0.4, 0.5) is 4.39 Å². The Labute approximate surface area is 123 Å². The molecule has 0 aliphatic rings. The first-order valence-corrected chi connectivity index (χ1v) is 6.86. The number of ether oxygens (including phenoxy) is 1. The molecular weight excluding hydrogens is 277 g/mol. The lowest BCUT2D eigenvalue weighted by Crippen LogP contribution is -2.12. The molecule has 0 unspecified atom stereocenters. The molecule has 0 amide bonds. The van der Waals surface area contributed by atoms with Gasteiger partial charge in [0, 0.05) is 23.2 Å². The Hall–Kier alpha value is -1.58. The number of halogens is 2. The summed E-state index contributed by atoms with van der Waals surface area (Å²) in [6.45, 7) is 3.55. The highest BCUT2D eigenvalue weighted by molar-refractivity contribution is 6.31. The largest absolute Gasteiger partial charge is 0.497 e. The van der Waals surface area contributed by atoms with Gasteiger partial charge >= 0.3 is 0 Å². The molecule has 1 N–H and O–H groups in total. The van der Waals surface area contributed by atoms with Gasteiger partial charge in [0.1, 0.15) is 11.6 Å². The zero-order chi connectivity index (χ0) is 14.5. The van der Waals surface area contributed by atoms with E-state index in [1.54, 1.807) is 18.2 Å². The fourth-order valence-corrected chi connectivity index (χ4v) is 2.18. The molecule has 2 aromatic carbocycles. The second kappa shape index (κ2) is 6.73. The fraction of sp³-hybridized carbons (Fsp3) is 0.250. The molecule has 0 aliphatic heterocycles. The predicted octanol–water partition coefficient (Wildman–Crippen LogP) is 4.26. The summed E-state index contributed by atoms with van der Waals surface area (Å²) in [4.78, 5) is 0. The third-order valence-corrected chi connectivity index (χ3v) is 3.47. The van der Waals surface area contributed by atoms with Crippen molar-refractivity contribution >= 4 is 11.6 Å². The molecule has 0 aliphatic carbocycles. The van der Waals surface area contributed by atoms with E-state index in [0.717, 1.165) is 17.7 Å². The lowest BCUT2D eigenvalue weighted by Gasteiger charge is -2.10. The fourth-order valence-electron chi connectivity index (χ4n) is 1.99. The van der Waals surface area contributed by atoms with Gasteiger partial charge in [-0.05, 0) is 41.9 Å². The average Bonchev–Trinajstić information content (AvgIpc) is 2.46. The van der Waals surface area contributed by atoms with Crippen molar-refractivity contribution in [2.24, 2.45) is 0 Å². The van der Waals surface area contributed by atoms with Gasteiger partial charge in [-0.25, -0.2) is 4.39 Å². The SMILES string of the molecule is CCNCc1cc(-c2ccc(OC)cc2F)ccc1Cl. The van der Waals surface area contributed by atoms with Gasteiger partial charge < -0.3 is 10.1 Å². The maximum absolute atomic E-state index is 14.1. The van der Waals surface area contributed by atoms with Crippen molar-refractivity contribution in [2.45, 2.75) is 13.5 Å². The van der Waals surface area contributed by atoms with E-state index in [-0.39, 0.29) is 5.82 Å². The predicted molar refractivity (Wildman–Crippen MR) is 80.8 cm³/mol. The van der Waals surface area contributed by atoms with Gasteiger partial charge in [-0.3, -0.25) is 0 Å². The number of hydrogen-bond donors (Lipinski definition) is 1. The van der Waals surface area contributed by atoms with Crippen LogP contribution in [0.25, 0.3) is 11.1 Å². The number of methoxy groups -OCH3 is 1. The van der Waals surface area contributed by atoms with E-state index < -0.39 is 0 Å². The first kappa shape index (κ1) is 14.8. The highest BCUT2D eigenvalue weighted by Crippen LogP contribution is 2.29. The highest BCUT2D eigenvalue weighted by atomic mass is 35.5. The first-order chi connectivity index (χ1) is 9.65. The Kier molecular flexibility index (Phi) is 4.99. The van der Waals surface area contributed by atoms with Crippen LogP contribution in [0.1, 0.15) is 12.5 Å². The maximum atomic E-state index is 14.1. The summed E-state index contributed by atoms with van der Waals surface area (Å²) in [6.07, 6.45) is 0. The summed E-state index contributed by atoms with van der Waals surface area (Å²) >= 11 is 6.15. The lowest BCUT2D eigenvalue weighted by molar-refractivity contribution is 0.411. The Bertz CT molecular complexity index is 601. The number of hydrogen-bond acceptors (Lipinski definition) is 2. The quantitative estimate of drug-likeness (QED) is 0.889. The minimum atomic E-state index is -0.305. The van der Waals surface area contributed by atoms with Crippen molar-refractivity contribution in [3.05, 3.63) is 52.8 Å². The van der Waals surface area contributed by atoms with Crippen molar-refractivity contribution in [3.63, 3.8) is 0 Å². The van der Waals surface area contributed by atoms with Gasteiger partial charge in [0.25, 0.3) is 0 Å². The summed E-state index contributed by atoms with van der Waals surface area (Å²) in [7, 11) is 1.52. The molecule has 0 atom stereocenters. The molecule has 0 radical (unpaired) electrons. The molecule has 0 fully saturated rings. The average molecular weight is 294 g/mol. The third kappa shape index (κ3) is 3.30. The number of nitrogens with one attached hydrogen (secondary N) is 1. The van der Waals surface area contributed by atoms with Crippen LogP contribution in [-0.4, -0.2) is 13.7 Å². The molecule has 106 valence electrons. The summed E-state index contributed by atoms with van der Waals surface area (Å²) in [6, 6.07) is 10.4. The molecule has 0 saturated heterocycles. The zero-order valence-corrected chi connectivity index (χ0v) is 12.3. The van der Waals surface area contributed by atoms with E-state index in [4.69, 9.17) is 16.3 Å². The highest BCUT2D eigenvalue weighted by Gasteiger charge is 2.09. The zero-order valence-electron chi connectivity index (χ0n) is 11.5. The van der Waals surface area contributed by atoms with Crippen molar-refractivity contribution in [3.8, 4) is 16.9 Å². The molecule has 2 rings (SSSR count). The summed E-state index contributed by atoms with van der Waals surface area (Å²) in [5, 5.41) is 3.90. The Morgan fingerprint density at radius 3 is 2.65 bits per heavy atom. The van der Waals surface area contributed by atoms with Gasteiger partial charge in [-0.15, -0.1) is 0 Å². The van der Waals surface area contributed by atoms with E-state index >= 15 is 0 Å². The summed E-state index contributed by atoms with van der Waals surface area (Å²) in [5.74, 6) is 0.203. The van der Waals surface area contributed by atoms with Crippen LogP contribution in [0.2, 0.25) is 5.02 Å². The minimum absolute atomic E-state index is 0.305. The van der Waals surface area contributed by atoms with E-state index in [2.05, 4.69) is 5.32 Å². The Balaban J connectivity index is 2.37. The van der Waals surface area contributed by atoms with Crippen molar-refractivity contribution in [1.29, 1.82) is 0 Å². The normalized spacial score (nSPS) is 10.6. The van der Waals surface area contributed by atoms with Gasteiger partial charge in [-0.2, -0.15) is 0 Å². The van der Waals surface area contributed by atoms with E-state index in [9.17, 15) is 4.39 Å². The molecule has 0 heterocycles.